The summed E-state index contributed by atoms with van der Waals surface area (Å²) in [5.74, 6) is 1.38. The van der Waals surface area contributed by atoms with Crippen LogP contribution in [0.4, 0.5) is 0 Å². The third kappa shape index (κ3) is 4.64. The van der Waals surface area contributed by atoms with Crippen molar-refractivity contribution < 1.29 is 4.74 Å². The Morgan fingerprint density at radius 2 is 1.61 bits per heavy atom. The number of hydrogen-bond donors (Lipinski definition) is 0. The number of rotatable bonds is 5. The van der Waals surface area contributed by atoms with E-state index >= 15 is 0 Å². The van der Waals surface area contributed by atoms with Crippen molar-refractivity contribution in [2.75, 3.05) is 6.61 Å². The first-order valence-electron chi connectivity index (χ1n) is 10.3. The first-order chi connectivity index (χ1) is 14.8. The van der Waals surface area contributed by atoms with Crippen molar-refractivity contribution in [1.82, 2.24) is 9.55 Å². The highest BCUT2D eigenvalue weighted by atomic mass is 35.5. The number of benzene rings is 3. The van der Waals surface area contributed by atoms with Crippen LogP contribution in [0.3, 0.4) is 0 Å². The minimum atomic E-state index is -0.0813. The Hall–Kier alpha value is -3.11. The highest BCUT2D eigenvalue weighted by Gasteiger charge is 2.14. The Bertz CT molecular complexity index is 1250. The molecule has 4 nitrogen and oxygen atoms in total. The molecule has 0 radical (unpaired) electrons. The van der Waals surface area contributed by atoms with Gasteiger partial charge >= 0.3 is 0 Å². The zero-order valence-corrected chi connectivity index (χ0v) is 18.7. The van der Waals surface area contributed by atoms with Gasteiger partial charge in [0, 0.05) is 10.6 Å². The van der Waals surface area contributed by atoms with Crippen molar-refractivity contribution in [1.29, 1.82) is 0 Å². The lowest BCUT2D eigenvalue weighted by Gasteiger charge is -2.19. The standard InChI is InChI=1S/C26H25ClN2O2/c1-26(2,3)19-10-14-21(15-11-19)31-17-16-29-24(18-8-12-20(27)13-9-18)28-23-7-5-4-6-22(23)25(29)30/h4-15H,16-17H2,1-3H3. The van der Waals surface area contributed by atoms with Crippen molar-refractivity contribution in [3.63, 3.8) is 0 Å². The maximum Gasteiger partial charge on any atom is 0.261 e. The van der Waals surface area contributed by atoms with Gasteiger partial charge in [0.25, 0.3) is 5.56 Å². The summed E-state index contributed by atoms with van der Waals surface area (Å²) >= 11 is 6.05. The molecule has 0 saturated carbocycles. The van der Waals surface area contributed by atoms with Crippen molar-refractivity contribution >= 4 is 22.5 Å². The molecule has 0 atom stereocenters. The molecule has 0 N–H and O–H groups in total. The van der Waals surface area contributed by atoms with Crippen LogP contribution < -0.4 is 10.3 Å². The highest BCUT2D eigenvalue weighted by molar-refractivity contribution is 6.30. The Kier molecular flexibility index (Phi) is 5.84. The van der Waals surface area contributed by atoms with E-state index in [9.17, 15) is 4.79 Å². The fourth-order valence-corrected chi connectivity index (χ4v) is 3.63. The third-order valence-corrected chi connectivity index (χ3v) is 5.52. The lowest BCUT2D eigenvalue weighted by atomic mass is 9.87. The normalized spacial score (nSPS) is 11.6. The van der Waals surface area contributed by atoms with Gasteiger partial charge in [0.1, 0.15) is 18.2 Å². The summed E-state index contributed by atoms with van der Waals surface area (Å²) < 4.78 is 7.62. The minimum Gasteiger partial charge on any atom is -0.492 e. The molecule has 5 heteroatoms. The molecule has 0 unspecified atom stereocenters. The molecular formula is C26H25ClN2O2. The van der Waals surface area contributed by atoms with E-state index in [0.717, 1.165) is 11.3 Å². The van der Waals surface area contributed by atoms with Gasteiger partial charge in [-0.25, -0.2) is 4.98 Å². The van der Waals surface area contributed by atoms with Gasteiger partial charge in [0.2, 0.25) is 0 Å². The van der Waals surface area contributed by atoms with E-state index in [1.54, 1.807) is 22.8 Å². The molecule has 0 amide bonds. The first-order valence-corrected chi connectivity index (χ1v) is 10.7. The Morgan fingerprint density at radius 3 is 2.29 bits per heavy atom. The second kappa shape index (κ2) is 8.56. The fraction of sp³-hybridized carbons (Fsp3) is 0.231. The zero-order chi connectivity index (χ0) is 22.0. The number of hydrogen-bond acceptors (Lipinski definition) is 3. The number of halogens is 1. The molecule has 1 aromatic heterocycles. The molecule has 3 aromatic carbocycles. The number of ether oxygens (including phenoxy) is 1. The Balaban J connectivity index is 1.63. The van der Waals surface area contributed by atoms with E-state index in [4.69, 9.17) is 21.3 Å². The summed E-state index contributed by atoms with van der Waals surface area (Å²) in [6.45, 7) is 7.28. The molecule has 0 bridgehead atoms. The van der Waals surface area contributed by atoms with E-state index in [2.05, 4.69) is 32.9 Å². The average Bonchev–Trinajstić information content (AvgIpc) is 2.75. The summed E-state index contributed by atoms with van der Waals surface area (Å²) in [6, 6.07) is 22.9. The first kappa shape index (κ1) is 21.1. The monoisotopic (exact) mass is 432 g/mol. The fourth-order valence-electron chi connectivity index (χ4n) is 3.50. The van der Waals surface area contributed by atoms with Crippen molar-refractivity contribution in [2.45, 2.75) is 32.7 Å². The van der Waals surface area contributed by atoms with E-state index in [-0.39, 0.29) is 11.0 Å². The molecule has 1 heterocycles. The molecule has 4 aromatic rings. The van der Waals surface area contributed by atoms with E-state index in [0.29, 0.717) is 34.9 Å². The second-order valence-electron chi connectivity index (χ2n) is 8.54. The lowest BCUT2D eigenvalue weighted by molar-refractivity contribution is 0.296. The third-order valence-electron chi connectivity index (χ3n) is 5.27. The SMILES string of the molecule is CC(C)(C)c1ccc(OCCn2c(-c3ccc(Cl)cc3)nc3ccccc3c2=O)cc1. The largest absolute Gasteiger partial charge is 0.492 e. The van der Waals surface area contributed by atoms with Gasteiger partial charge < -0.3 is 4.74 Å². The quantitative estimate of drug-likeness (QED) is 0.383. The van der Waals surface area contributed by atoms with Crippen LogP contribution in [0.2, 0.25) is 5.02 Å². The predicted octanol–water partition coefficient (Wildman–Crippen LogP) is 6.09. The van der Waals surface area contributed by atoms with Gasteiger partial charge in [-0.05, 0) is 59.5 Å². The molecule has 158 valence electrons. The van der Waals surface area contributed by atoms with Gasteiger partial charge in [-0.2, -0.15) is 0 Å². The maximum atomic E-state index is 13.2. The summed E-state index contributed by atoms with van der Waals surface area (Å²) in [5, 5.41) is 1.23. The summed E-state index contributed by atoms with van der Waals surface area (Å²) in [7, 11) is 0. The molecule has 4 rings (SSSR count). The van der Waals surface area contributed by atoms with Crippen molar-refractivity contribution in [2.24, 2.45) is 0 Å². The molecule has 0 aliphatic carbocycles. The van der Waals surface area contributed by atoms with Crippen LogP contribution in [0.15, 0.2) is 77.6 Å². The summed E-state index contributed by atoms with van der Waals surface area (Å²) in [4.78, 5) is 18.0. The van der Waals surface area contributed by atoms with Gasteiger partial charge in [-0.15, -0.1) is 0 Å². The van der Waals surface area contributed by atoms with Crippen LogP contribution in [-0.4, -0.2) is 16.2 Å². The van der Waals surface area contributed by atoms with Crippen LogP contribution in [0.25, 0.3) is 22.3 Å². The Morgan fingerprint density at radius 1 is 0.935 bits per heavy atom. The number of fused-ring (bicyclic) bond motifs is 1. The van der Waals surface area contributed by atoms with Gasteiger partial charge in [0.15, 0.2) is 0 Å². The Labute approximate surface area is 187 Å². The van der Waals surface area contributed by atoms with Gasteiger partial charge in [-0.1, -0.05) is 56.6 Å². The van der Waals surface area contributed by atoms with Crippen LogP contribution in [0.1, 0.15) is 26.3 Å². The molecule has 0 aliphatic heterocycles. The summed E-state index contributed by atoms with van der Waals surface area (Å²) in [5.41, 5.74) is 2.77. The average molecular weight is 433 g/mol. The molecule has 0 saturated heterocycles. The van der Waals surface area contributed by atoms with Crippen molar-refractivity contribution in [3.05, 3.63) is 93.7 Å². The molecule has 0 spiro atoms. The van der Waals surface area contributed by atoms with Crippen LogP contribution in [0.5, 0.6) is 5.75 Å². The van der Waals surface area contributed by atoms with Crippen molar-refractivity contribution in [3.8, 4) is 17.1 Å². The van der Waals surface area contributed by atoms with Gasteiger partial charge in [-0.3, -0.25) is 9.36 Å². The van der Waals surface area contributed by atoms with E-state index in [1.807, 2.05) is 42.5 Å². The van der Waals surface area contributed by atoms with Crippen LogP contribution >= 0.6 is 11.6 Å². The number of nitrogens with zero attached hydrogens (tertiary/aromatic N) is 2. The minimum absolute atomic E-state index is 0.0813. The maximum absolute atomic E-state index is 13.2. The smallest absolute Gasteiger partial charge is 0.261 e. The zero-order valence-electron chi connectivity index (χ0n) is 17.9. The summed E-state index contributed by atoms with van der Waals surface area (Å²) in [6.07, 6.45) is 0. The second-order valence-corrected chi connectivity index (χ2v) is 8.98. The number of para-hydroxylation sites is 1. The van der Waals surface area contributed by atoms with E-state index < -0.39 is 0 Å². The predicted molar refractivity (Wildman–Crippen MR) is 127 cm³/mol. The molecule has 0 aliphatic rings. The van der Waals surface area contributed by atoms with Crippen LogP contribution in [-0.2, 0) is 12.0 Å². The van der Waals surface area contributed by atoms with Gasteiger partial charge in [0.05, 0.1) is 17.4 Å². The van der Waals surface area contributed by atoms with E-state index in [1.165, 1.54) is 5.56 Å². The molecule has 31 heavy (non-hydrogen) atoms. The molecule has 0 fully saturated rings. The lowest BCUT2D eigenvalue weighted by Crippen LogP contribution is -2.26. The molecular weight excluding hydrogens is 408 g/mol. The van der Waals surface area contributed by atoms with Crippen LogP contribution in [0, 0.1) is 0 Å². The topological polar surface area (TPSA) is 44.1 Å². The number of aromatic nitrogens is 2. The highest BCUT2D eigenvalue weighted by Crippen LogP contribution is 2.25.